The van der Waals surface area contributed by atoms with Crippen LogP contribution in [0.25, 0.3) is 0 Å². The van der Waals surface area contributed by atoms with Crippen molar-refractivity contribution in [2.24, 2.45) is 5.73 Å². The van der Waals surface area contributed by atoms with Gasteiger partial charge in [-0.2, -0.15) is 8.42 Å². The highest BCUT2D eigenvalue weighted by Crippen LogP contribution is 2.31. The molecule has 0 spiro atoms. The molecule has 1 aromatic rings. The average Bonchev–Trinajstić information content (AvgIpc) is 2.17. The Labute approximate surface area is 133 Å². The van der Waals surface area contributed by atoms with E-state index < -0.39 is 10.3 Å². The molecule has 0 aliphatic heterocycles. The largest absolute Gasteiger partial charge is 0.357 e. The Hall–Kier alpha value is -0.0900. The molecule has 5 nitrogen and oxygen atoms in total. The lowest BCUT2D eigenvalue weighted by Crippen LogP contribution is -2.17. The Kier molecular flexibility index (Phi) is 6.54. The summed E-state index contributed by atoms with van der Waals surface area (Å²) in [6.07, 6.45) is 0. The Morgan fingerprint density at radius 2 is 1.89 bits per heavy atom. The van der Waals surface area contributed by atoms with Gasteiger partial charge in [-0.1, -0.05) is 26.8 Å². The molecule has 0 unspecified atom stereocenters. The second kappa shape index (κ2) is 6.57. The summed E-state index contributed by atoms with van der Waals surface area (Å²) >= 11 is 2.02. The minimum atomic E-state index is -4.29. The molecule has 0 aliphatic rings. The number of nitrogens with one attached hydrogen (secondary N) is 1. The van der Waals surface area contributed by atoms with Crippen LogP contribution in [0.1, 0.15) is 31.9 Å². The van der Waals surface area contributed by atoms with Crippen molar-refractivity contribution in [1.82, 2.24) is 0 Å². The van der Waals surface area contributed by atoms with Gasteiger partial charge in [0.1, 0.15) is 0 Å². The lowest BCUT2D eigenvalue weighted by Gasteiger charge is -2.22. The van der Waals surface area contributed by atoms with E-state index in [4.69, 9.17) is 10.3 Å². The van der Waals surface area contributed by atoms with Gasteiger partial charge in [0.2, 0.25) is 0 Å². The first-order valence-corrected chi connectivity index (χ1v) is 7.84. The van der Waals surface area contributed by atoms with Crippen molar-refractivity contribution in [2.45, 2.75) is 32.7 Å². The van der Waals surface area contributed by atoms with Crippen molar-refractivity contribution in [3.63, 3.8) is 0 Å². The van der Waals surface area contributed by atoms with Crippen molar-refractivity contribution in [1.29, 1.82) is 0 Å². The molecule has 0 heterocycles. The third-order valence-corrected chi connectivity index (χ3v) is 3.80. The maximum atomic E-state index is 10.9. The molecular formula is C11H18ClIN2O3S. The third kappa shape index (κ3) is 5.42. The smallest absolute Gasteiger partial charge is 0.326 e. The fraction of sp³-hybridized carbons (Fsp3) is 0.455. The van der Waals surface area contributed by atoms with E-state index in [9.17, 15) is 8.42 Å². The number of nitrogens with two attached hydrogens (primary N) is 1. The summed E-state index contributed by atoms with van der Waals surface area (Å²) < 4.78 is 33.5. The van der Waals surface area contributed by atoms with Gasteiger partial charge < -0.3 is 5.73 Å². The molecule has 0 atom stereocenters. The van der Waals surface area contributed by atoms with Crippen LogP contribution in [-0.2, 0) is 22.3 Å². The van der Waals surface area contributed by atoms with E-state index in [0.717, 1.165) is 5.56 Å². The van der Waals surface area contributed by atoms with Gasteiger partial charge in [0.15, 0.2) is 0 Å². The van der Waals surface area contributed by atoms with E-state index >= 15 is 0 Å². The number of benzene rings is 1. The summed E-state index contributed by atoms with van der Waals surface area (Å²) in [7, 11) is -4.29. The van der Waals surface area contributed by atoms with Gasteiger partial charge >= 0.3 is 10.3 Å². The predicted octanol–water partition coefficient (Wildman–Crippen LogP) is 2.68. The zero-order valence-electron chi connectivity index (χ0n) is 10.9. The molecule has 0 bridgehead atoms. The van der Waals surface area contributed by atoms with Gasteiger partial charge in [-0.05, 0) is 45.2 Å². The zero-order chi connectivity index (χ0) is 14.1. The molecule has 0 amide bonds. The van der Waals surface area contributed by atoms with E-state index in [0.29, 0.717) is 14.8 Å². The van der Waals surface area contributed by atoms with Gasteiger partial charge in [0.05, 0.1) is 5.69 Å². The third-order valence-electron chi connectivity index (χ3n) is 2.49. The molecule has 0 aliphatic carbocycles. The van der Waals surface area contributed by atoms with Crippen LogP contribution in [0.3, 0.4) is 0 Å². The van der Waals surface area contributed by atoms with Crippen LogP contribution in [0.2, 0.25) is 0 Å². The molecule has 0 saturated heterocycles. The van der Waals surface area contributed by atoms with Crippen molar-refractivity contribution < 1.29 is 13.0 Å². The summed E-state index contributed by atoms with van der Waals surface area (Å²) in [5, 5.41) is 0. The normalized spacial score (nSPS) is 11.9. The quantitative estimate of drug-likeness (QED) is 0.518. The van der Waals surface area contributed by atoms with Crippen LogP contribution < -0.4 is 10.5 Å². The van der Waals surface area contributed by atoms with Crippen LogP contribution >= 0.6 is 35.0 Å². The topological polar surface area (TPSA) is 92.4 Å². The maximum Gasteiger partial charge on any atom is 0.357 e. The summed E-state index contributed by atoms with van der Waals surface area (Å²) in [6.45, 7) is 6.38. The van der Waals surface area contributed by atoms with E-state index in [2.05, 4.69) is 25.5 Å². The number of halogens is 2. The Morgan fingerprint density at radius 1 is 1.37 bits per heavy atom. The highest BCUT2D eigenvalue weighted by Gasteiger charge is 2.19. The fourth-order valence-corrected chi connectivity index (χ4v) is 3.00. The molecule has 110 valence electrons. The molecule has 19 heavy (non-hydrogen) atoms. The SMILES string of the molecule is CC(C)(C)c1cc(I)c(NS(=O)(=O)O)c(CN)c1.Cl. The zero-order valence-corrected chi connectivity index (χ0v) is 14.7. The van der Waals surface area contributed by atoms with Crippen molar-refractivity contribution in [3.05, 3.63) is 26.8 Å². The molecular weight excluding hydrogens is 403 g/mol. The van der Waals surface area contributed by atoms with Crippen LogP contribution in [0.5, 0.6) is 0 Å². The lowest BCUT2D eigenvalue weighted by molar-refractivity contribution is 0.489. The first-order valence-electron chi connectivity index (χ1n) is 5.33. The van der Waals surface area contributed by atoms with Crippen molar-refractivity contribution in [3.8, 4) is 0 Å². The second-order valence-electron chi connectivity index (χ2n) is 5.02. The number of hydrogen-bond donors (Lipinski definition) is 3. The molecule has 4 N–H and O–H groups in total. The van der Waals surface area contributed by atoms with Gasteiger partial charge in [-0.15, -0.1) is 12.4 Å². The first kappa shape index (κ1) is 18.9. The summed E-state index contributed by atoms with van der Waals surface area (Å²) in [5.74, 6) is 0. The highest BCUT2D eigenvalue weighted by atomic mass is 127. The predicted molar refractivity (Wildman–Crippen MR) is 88.2 cm³/mol. The fourth-order valence-electron chi connectivity index (χ4n) is 1.50. The molecule has 0 radical (unpaired) electrons. The number of hydrogen-bond acceptors (Lipinski definition) is 3. The Balaban J connectivity index is 0.00000324. The van der Waals surface area contributed by atoms with E-state index in [1.165, 1.54) is 0 Å². The maximum absolute atomic E-state index is 10.9. The highest BCUT2D eigenvalue weighted by molar-refractivity contribution is 14.1. The average molecular weight is 421 g/mol. The summed E-state index contributed by atoms with van der Waals surface area (Å²) in [4.78, 5) is 0. The summed E-state index contributed by atoms with van der Waals surface area (Å²) in [5.41, 5.74) is 7.64. The van der Waals surface area contributed by atoms with E-state index in [1.807, 2.05) is 34.7 Å². The second-order valence-corrected chi connectivity index (χ2v) is 7.34. The van der Waals surface area contributed by atoms with Gasteiger partial charge in [0.25, 0.3) is 0 Å². The van der Waals surface area contributed by atoms with Crippen molar-refractivity contribution in [2.75, 3.05) is 4.72 Å². The first-order chi connectivity index (χ1) is 8.04. The molecule has 8 heteroatoms. The van der Waals surface area contributed by atoms with Crippen LogP contribution in [0, 0.1) is 3.57 Å². The number of anilines is 1. The lowest BCUT2D eigenvalue weighted by atomic mass is 9.86. The van der Waals surface area contributed by atoms with Crippen molar-refractivity contribution >= 4 is 51.0 Å². The van der Waals surface area contributed by atoms with E-state index in [-0.39, 0.29) is 24.4 Å². The Bertz CT molecular complexity index is 556. The van der Waals surface area contributed by atoms with Gasteiger partial charge in [-0.25, -0.2) is 0 Å². The molecule has 1 rings (SSSR count). The summed E-state index contributed by atoms with van der Waals surface area (Å²) in [6, 6.07) is 3.74. The monoisotopic (exact) mass is 420 g/mol. The standard InChI is InChI=1S/C11H17IN2O3S.ClH/c1-11(2,3)8-4-7(6-13)10(9(12)5-8)14-18(15,16)17;/h4-5,14H,6,13H2,1-3H3,(H,15,16,17);1H. The number of rotatable bonds is 3. The Morgan fingerprint density at radius 3 is 2.26 bits per heavy atom. The van der Waals surface area contributed by atoms with Gasteiger partial charge in [-0.3, -0.25) is 9.27 Å². The van der Waals surface area contributed by atoms with Crippen LogP contribution in [0.4, 0.5) is 5.69 Å². The van der Waals surface area contributed by atoms with Gasteiger partial charge in [0, 0.05) is 10.1 Å². The molecule has 0 aromatic heterocycles. The van der Waals surface area contributed by atoms with Crippen LogP contribution in [0.15, 0.2) is 12.1 Å². The molecule has 0 saturated carbocycles. The minimum absolute atomic E-state index is 0. The minimum Gasteiger partial charge on any atom is -0.326 e. The molecule has 1 aromatic carbocycles. The molecule has 0 fully saturated rings. The van der Waals surface area contributed by atoms with E-state index in [1.54, 1.807) is 0 Å². The van der Waals surface area contributed by atoms with Crippen LogP contribution in [-0.4, -0.2) is 13.0 Å².